The Balaban J connectivity index is 1.77. The first-order valence-corrected chi connectivity index (χ1v) is 10.0. The quantitative estimate of drug-likeness (QED) is 0.487. The predicted octanol–water partition coefficient (Wildman–Crippen LogP) is 3.23. The van der Waals surface area contributed by atoms with Gasteiger partial charge in [0.2, 0.25) is 0 Å². The molecule has 29 heavy (non-hydrogen) atoms. The number of ether oxygens (including phenoxy) is 1. The van der Waals surface area contributed by atoms with E-state index in [1.54, 1.807) is 48.5 Å². The van der Waals surface area contributed by atoms with E-state index in [-0.39, 0.29) is 23.8 Å². The maximum absolute atomic E-state index is 12.7. The summed E-state index contributed by atoms with van der Waals surface area (Å²) in [6.45, 7) is -0.655. The highest BCUT2D eigenvalue weighted by molar-refractivity contribution is 9.10. The lowest BCUT2D eigenvalue weighted by Gasteiger charge is -2.11. The minimum absolute atomic E-state index is 0.161. The van der Waals surface area contributed by atoms with Crippen LogP contribution in [0.2, 0.25) is 0 Å². The lowest BCUT2D eigenvalue weighted by atomic mass is 10.1. The second-order valence-corrected chi connectivity index (χ2v) is 7.90. The normalized spacial score (nSPS) is 15.1. The molecule has 2 aromatic carbocycles. The molecule has 1 aliphatic heterocycles. The number of halogens is 1. The van der Waals surface area contributed by atoms with Crippen molar-refractivity contribution in [2.45, 2.75) is 0 Å². The molecule has 0 radical (unpaired) electrons. The summed E-state index contributed by atoms with van der Waals surface area (Å²) in [5.74, 6) is -1.18. The molecule has 7 nitrogen and oxygen atoms in total. The summed E-state index contributed by atoms with van der Waals surface area (Å²) < 4.78 is 6.15. The van der Waals surface area contributed by atoms with Crippen LogP contribution in [-0.2, 0) is 9.59 Å². The number of hydrogen-bond acceptors (Lipinski definition) is 6. The second-order valence-electron chi connectivity index (χ2n) is 5.99. The molecule has 1 heterocycles. The lowest BCUT2D eigenvalue weighted by molar-refractivity contribution is -0.122. The van der Waals surface area contributed by atoms with Crippen LogP contribution < -0.4 is 10.5 Å². The Bertz CT molecular complexity index is 1020. The van der Waals surface area contributed by atoms with Gasteiger partial charge in [0.25, 0.3) is 17.1 Å². The van der Waals surface area contributed by atoms with Gasteiger partial charge in [-0.15, -0.1) is 0 Å². The third-order valence-corrected chi connectivity index (χ3v) is 5.35. The summed E-state index contributed by atoms with van der Waals surface area (Å²) >= 11 is 4.03. The van der Waals surface area contributed by atoms with Crippen LogP contribution in [-0.4, -0.2) is 40.9 Å². The van der Waals surface area contributed by atoms with Crippen LogP contribution in [0.4, 0.5) is 4.79 Å². The number of rotatable bonds is 7. The smallest absolute Gasteiger partial charge is 0.293 e. The van der Waals surface area contributed by atoms with Crippen LogP contribution in [0.1, 0.15) is 15.9 Å². The fourth-order valence-electron chi connectivity index (χ4n) is 2.53. The molecule has 0 bridgehead atoms. The number of primary amides is 1. The van der Waals surface area contributed by atoms with E-state index >= 15 is 0 Å². The van der Waals surface area contributed by atoms with Crippen LogP contribution in [0.15, 0.2) is 57.9 Å². The van der Waals surface area contributed by atoms with Crippen molar-refractivity contribution in [1.82, 2.24) is 4.90 Å². The zero-order valence-corrected chi connectivity index (χ0v) is 17.4. The number of ketones is 1. The molecule has 0 spiro atoms. The van der Waals surface area contributed by atoms with Crippen molar-refractivity contribution in [3.8, 4) is 5.75 Å². The largest absolute Gasteiger partial charge is 0.483 e. The Labute approximate surface area is 179 Å². The molecule has 1 aliphatic rings. The molecule has 1 fully saturated rings. The zero-order chi connectivity index (χ0) is 21.0. The fourth-order valence-corrected chi connectivity index (χ4v) is 3.62. The highest BCUT2D eigenvalue weighted by Crippen LogP contribution is 2.34. The third kappa shape index (κ3) is 5.12. The molecule has 9 heteroatoms. The predicted molar refractivity (Wildman–Crippen MR) is 112 cm³/mol. The highest BCUT2D eigenvalue weighted by Gasteiger charge is 2.36. The number of carbonyl (C=O) groups is 4. The molecule has 0 unspecified atom stereocenters. The number of hydrogen-bond donors (Lipinski definition) is 1. The minimum Gasteiger partial charge on any atom is -0.483 e. The van der Waals surface area contributed by atoms with Gasteiger partial charge < -0.3 is 10.5 Å². The van der Waals surface area contributed by atoms with E-state index in [2.05, 4.69) is 15.9 Å². The summed E-state index contributed by atoms with van der Waals surface area (Å²) in [5.41, 5.74) is 6.01. The molecule has 3 amide bonds. The van der Waals surface area contributed by atoms with Gasteiger partial charge in [-0.1, -0.05) is 46.3 Å². The average Bonchev–Trinajstić information content (AvgIpc) is 2.95. The van der Waals surface area contributed by atoms with Crippen molar-refractivity contribution >= 4 is 56.6 Å². The maximum Gasteiger partial charge on any atom is 0.293 e. The Hall–Kier alpha value is -2.91. The summed E-state index contributed by atoms with van der Waals surface area (Å²) in [6, 6.07) is 13.4. The first-order chi connectivity index (χ1) is 13.8. The van der Waals surface area contributed by atoms with Crippen molar-refractivity contribution in [3.05, 3.63) is 69.0 Å². The van der Waals surface area contributed by atoms with Crippen molar-refractivity contribution in [2.75, 3.05) is 13.2 Å². The van der Waals surface area contributed by atoms with Gasteiger partial charge in [0.15, 0.2) is 12.4 Å². The summed E-state index contributed by atoms with van der Waals surface area (Å²) in [6.07, 6.45) is 1.49. The molecule has 0 aromatic heterocycles. The first kappa shape index (κ1) is 20.8. The van der Waals surface area contributed by atoms with E-state index in [1.807, 2.05) is 0 Å². The molecule has 148 valence electrons. The van der Waals surface area contributed by atoms with E-state index in [4.69, 9.17) is 10.5 Å². The molecule has 2 aromatic rings. The number of benzene rings is 2. The third-order valence-electron chi connectivity index (χ3n) is 3.92. The van der Waals surface area contributed by atoms with E-state index in [0.29, 0.717) is 16.9 Å². The first-order valence-electron chi connectivity index (χ1n) is 8.39. The number of carbonyl (C=O) groups excluding carboxylic acids is 4. The van der Waals surface area contributed by atoms with Crippen molar-refractivity contribution in [3.63, 3.8) is 0 Å². The van der Waals surface area contributed by atoms with Crippen LogP contribution in [0.5, 0.6) is 5.75 Å². The van der Waals surface area contributed by atoms with Crippen molar-refractivity contribution in [1.29, 1.82) is 0 Å². The second kappa shape index (κ2) is 9.06. The topological polar surface area (TPSA) is 107 Å². The van der Waals surface area contributed by atoms with E-state index in [9.17, 15) is 19.2 Å². The van der Waals surface area contributed by atoms with E-state index < -0.39 is 17.1 Å². The van der Waals surface area contributed by atoms with Crippen LogP contribution in [0.3, 0.4) is 0 Å². The lowest BCUT2D eigenvalue weighted by Crippen LogP contribution is -2.33. The molecule has 3 rings (SSSR count). The Kier molecular flexibility index (Phi) is 6.50. The monoisotopic (exact) mass is 474 g/mol. The van der Waals surface area contributed by atoms with Gasteiger partial charge in [-0.05, 0) is 36.0 Å². The SMILES string of the molecule is NC(=O)COc1ccccc1/C=C1/SC(=O)N(CC(=O)c2ccc(Br)cc2)C1=O. The van der Waals surface area contributed by atoms with Crippen LogP contribution in [0.25, 0.3) is 6.08 Å². The average molecular weight is 475 g/mol. The van der Waals surface area contributed by atoms with Gasteiger partial charge in [0.1, 0.15) is 5.75 Å². The van der Waals surface area contributed by atoms with E-state index in [1.165, 1.54) is 6.08 Å². The Morgan fingerprint density at radius 2 is 1.79 bits per heavy atom. The zero-order valence-electron chi connectivity index (χ0n) is 15.0. The van der Waals surface area contributed by atoms with Gasteiger partial charge in [0.05, 0.1) is 11.4 Å². The number of nitrogens with zero attached hydrogens (tertiary/aromatic N) is 1. The fraction of sp³-hybridized carbons (Fsp3) is 0.100. The highest BCUT2D eigenvalue weighted by atomic mass is 79.9. The van der Waals surface area contributed by atoms with Crippen LogP contribution >= 0.6 is 27.7 Å². The van der Waals surface area contributed by atoms with Gasteiger partial charge in [-0.3, -0.25) is 24.1 Å². The van der Waals surface area contributed by atoms with Crippen molar-refractivity contribution < 1.29 is 23.9 Å². The molecule has 0 atom stereocenters. The summed E-state index contributed by atoms with van der Waals surface area (Å²) in [5, 5.41) is -0.526. The van der Waals surface area contributed by atoms with E-state index in [0.717, 1.165) is 21.1 Å². The number of nitrogens with two attached hydrogens (primary N) is 1. The number of thioether (sulfide) groups is 1. The minimum atomic E-state index is -0.633. The van der Waals surface area contributed by atoms with Gasteiger partial charge in [-0.2, -0.15) is 0 Å². The molecule has 2 N–H and O–H groups in total. The Morgan fingerprint density at radius 3 is 2.48 bits per heavy atom. The summed E-state index contributed by atoms with van der Waals surface area (Å²) in [4.78, 5) is 49.4. The summed E-state index contributed by atoms with van der Waals surface area (Å²) in [7, 11) is 0. The molecular formula is C20H15BrN2O5S. The van der Waals surface area contributed by atoms with Gasteiger partial charge in [0, 0.05) is 15.6 Å². The molecule has 0 saturated carbocycles. The molecule has 1 saturated heterocycles. The number of amides is 3. The standard InChI is InChI=1S/C20H15BrN2O5S/c21-14-7-5-12(6-8-14)15(24)10-23-19(26)17(29-20(23)27)9-13-3-1-2-4-16(13)28-11-18(22)25/h1-9H,10-11H2,(H2,22,25)/b17-9+. The molecule has 0 aliphatic carbocycles. The number of para-hydroxylation sites is 1. The van der Waals surface area contributed by atoms with Gasteiger partial charge >= 0.3 is 0 Å². The van der Waals surface area contributed by atoms with Crippen molar-refractivity contribution in [2.24, 2.45) is 5.73 Å². The number of Topliss-reactive ketones (excluding diaryl/α,β-unsaturated/α-hetero) is 1. The van der Waals surface area contributed by atoms with Crippen LogP contribution in [0, 0.1) is 0 Å². The molecular weight excluding hydrogens is 460 g/mol. The maximum atomic E-state index is 12.7. The Morgan fingerprint density at radius 1 is 1.10 bits per heavy atom. The number of imide groups is 1. The van der Waals surface area contributed by atoms with Gasteiger partial charge in [-0.25, -0.2) is 0 Å².